The molecule has 2 rings (SSSR count). The fourth-order valence-electron chi connectivity index (χ4n) is 1.87. The number of carbonyl (C=O) groups excluding carboxylic acids is 2. The van der Waals surface area contributed by atoms with Crippen molar-refractivity contribution in [1.82, 2.24) is 4.90 Å². The molecule has 0 fully saturated rings. The summed E-state index contributed by atoms with van der Waals surface area (Å²) < 4.78 is 42.7. The Morgan fingerprint density at radius 1 is 1.21 bits per heavy atom. The maximum absolute atomic E-state index is 12.6. The van der Waals surface area contributed by atoms with E-state index in [0.29, 0.717) is 12.6 Å². The van der Waals surface area contributed by atoms with Gasteiger partial charge in [-0.3, -0.25) is 4.79 Å². The van der Waals surface area contributed by atoms with E-state index in [4.69, 9.17) is 4.74 Å². The van der Waals surface area contributed by atoms with Gasteiger partial charge in [-0.2, -0.15) is 13.2 Å². The Morgan fingerprint density at radius 2 is 1.96 bits per heavy atom. The molecular formula is C16H14F3NO3S. The number of alkyl halides is 3. The fourth-order valence-corrected chi connectivity index (χ4v) is 2.63. The second-order valence-electron chi connectivity index (χ2n) is 4.98. The van der Waals surface area contributed by atoms with Gasteiger partial charge in [-0.1, -0.05) is 12.1 Å². The summed E-state index contributed by atoms with van der Waals surface area (Å²) in [5.74, 6) is -1.41. The van der Waals surface area contributed by atoms with E-state index in [1.807, 2.05) is 17.5 Å². The molecule has 0 unspecified atom stereocenters. The van der Waals surface area contributed by atoms with Crippen molar-refractivity contribution in [2.75, 3.05) is 13.7 Å². The highest BCUT2D eigenvalue weighted by molar-refractivity contribution is 7.09. The smallest absolute Gasteiger partial charge is 0.416 e. The molecule has 0 aliphatic rings. The molecule has 1 aromatic carbocycles. The summed E-state index contributed by atoms with van der Waals surface area (Å²) in [6, 6.07) is 7.59. The van der Waals surface area contributed by atoms with E-state index in [2.05, 4.69) is 0 Å². The normalized spacial score (nSPS) is 11.2. The molecule has 24 heavy (non-hydrogen) atoms. The van der Waals surface area contributed by atoms with Crippen molar-refractivity contribution in [1.29, 1.82) is 0 Å². The molecule has 2 aromatic rings. The number of thiophene rings is 1. The molecule has 0 bridgehead atoms. The number of nitrogens with zero attached hydrogens (tertiary/aromatic N) is 1. The number of halogens is 3. The summed E-state index contributed by atoms with van der Waals surface area (Å²) in [5.41, 5.74) is -1.20. The highest BCUT2D eigenvalue weighted by Gasteiger charge is 2.31. The number of benzene rings is 1. The zero-order valence-corrected chi connectivity index (χ0v) is 13.5. The fraction of sp³-hybridized carbons (Fsp3) is 0.250. The summed E-state index contributed by atoms with van der Waals surface area (Å²) in [6.07, 6.45) is -4.55. The summed E-state index contributed by atoms with van der Waals surface area (Å²) in [4.78, 5) is 26.1. The molecule has 128 valence electrons. The van der Waals surface area contributed by atoms with Crippen LogP contribution in [0.25, 0.3) is 0 Å². The quantitative estimate of drug-likeness (QED) is 0.769. The van der Waals surface area contributed by atoms with Gasteiger partial charge in [0.1, 0.15) is 0 Å². The van der Waals surface area contributed by atoms with E-state index in [0.717, 1.165) is 17.0 Å². The number of amides is 1. The Bertz CT molecular complexity index is 714. The maximum Gasteiger partial charge on any atom is 0.416 e. The lowest BCUT2D eigenvalue weighted by Gasteiger charge is -2.16. The van der Waals surface area contributed by atoms with Gasteiger partial charge in [-0.05, 0) is 29.6 Å². The van der Waals surface area contributed by atoms with Crippen LogP contribution in [0.2, 0.25) is 0 Å². The first-order valence-corrected chi connectivity index (χ1v) is 7.76. The van der Waals surface area contributed by atoms with E-state index >= 15 is 0 Å². The predicted octanol–water partition coefficient (Wildman–Crippen LogP) is 3.58. The molecule has 4 nitrogen and oxygen atoms in total. The molecule has 0 N–H and O–H groups in total. The van der Waals surface area contributed by atoms with Crippen LogP contribution in [0.15, 0.2) is 41.8 Å². The van der Waals surface area contributed by atoms with Gasteiger partial charge < -0.3 is 9.64 Å². The number of ether oxygens (including phenoxy) is 1. The van der Waals surface area contributed by atoms with Gasteiger partial charge in [0.2, 0.25) is 0 Å². The third-order valence-corrected chi connectivity index (χ3v) is 4.01. The van der Waals surface area contributed by atoms with Crippen LogP contribution in [0.1, 0.15) is 20.8 Å². The number of rotatable bonds is 5. The molecule has 1 aromatic heterocycles. The Balaban J connectivity index is 1.92. The molecule has 0 radical (unpaired) electrons. The number of hydrogen-bond acceptors (Lipinski definition) is 4. The second kappa shape index (κ2) is 7.48. The van der Waals surface area contributed by atoms with Gasteiger partial charge in [0.15, 0.2) is 6.61 Å². The average Bonchev–Trinajstić information content (AvgIpc) is 3.04. The minimum Gasteiger partial charge on any atom is -0.452 e. The lowest BCUT2D eigenvalue weighted by Crippen LogP contribution is -2.30. The van der Waals surface area contributed by atoms with Gasteiger partial charge in [0, 0.05) is 11.9 Å². The second-order valence-corrected chi connectivity index (χ2v) is 6.02. The standard InChI is InChI=1S/C16H14F3NO3S/c1-20(9-13-6-3-7-24-13)14(21)10-23-15(22)11-4-2-5-12(8-11)16(17,18)19/h2-8H,9-10H2,1H3. The van der Waals surface area contributed by atoms with Crippen LogP contribution < -0.4 is 0 Å². The number of carbonyl (C=O) groups is 2. The number of esters is 1. The molecule has 1 heterocycles. The highest BCUT2D eigenvalue weighted by Crippen LogP contribution is 2.29. The van der Waals surface area contributed by atoms with Crippen LogP contribution in [-0.2, 0) is 22.3 Å². The van der Waals surface area contributed by atoms with Gasteiger partial charge in [-0.15, -0.1) is 11.3 Å². The van der Waals surface area contributed by atoms with E-state index in [-0.39, 0.29) is 5.56 Å². The Labute approximate surface area is 140 Å². The van der Waals surface area contributed by atoms with Gasteiger partial charge in [-0.25, -0.2) is 4.79 Å². The Morgan fingerprint density at radius 3 is 2.58 bits per heavy atom. The van der Waals surface area contributed by atoms with Crippen molar-refractivity contribution in [3.8, 4) is 0 Å². The summed E-state index contributed by atoms with van der Waals surface area (Å²) in [7, 11) is 1.56. The summed E-state index contributed by atoms with van der Waals surface area (Å²) in [5, 5.41) is 1.88. The predicted molar refractivity (Wildman–Crippen MR) is 82.5 cm³/mol. The Kier molecular flexibility index (Phi) is 5.61. The molecule has 0 saturated heterocycles. The number of hydrogen-bond donors (Lipinski definition) is 0. The lowest BCUT2D eigenvalue weighted by molar-refractivity contribution is -0.137. The molecule has 0 atom stereocenters. The largest absolute Gasteiger partial charge is 0.452 e. The minimum absolute atomic E-state index is 0.251. The summed E-state index contributed by atoms with van der Waals surface area (Å²) in [6.45, 7) is -0.158. The molecule has 0 aliphatic carbocycles. The van der Waals surface area contributed by atoms with E-state index in [1.54, 1.807) is 7.05 Å². The van der Waals surface area contributed by atoms with Crippen LogP contribution in [0, 0.1) is 0 Å². The molecule has 0 saturated carbocycles. The lowest BCUT2D eigenvalue weighted by atomic mass is 10.1. The molecule has 8 heteroatoms. The van der Waals surface area contributed by atoms with Crippen molar-refractivity contribution in [2.24, 2.45) is 0 Å². The van der Waals surface area contributed by atoms with Gasteiger partial charge >= 0.3 is 12.1 Å². The highest BCUT2D eigenvalue weighted by atomic mass is 32.1. The van der Waals surface area contributed by atoms with Crippen LogP contribution in [0.5, 0.6) is 0 Å². The first-order chi connectivity index (χ1) is 11.3. The molecular weight excluding hydrogens is 343 g/mol. The van der Waals surface area contributed by atoms with Crippen molar-refractivity contribution < 1.29 is 27.5 Å². The van der Waals surface area contributed by atoms with E-state index in [1.165, 1.54) is 22.3 Å². The van der Waals surface area contributed by atoms with Gasteiger partial charge in [0.05, 0.1) is 17.7 Å². The first-order valence-electron chi connectivity index (χ1n) is 6.88. The van der Waals surface area contributed by atoms with Crippen LogP contribution in [-0.4, -0.2) is 30.4 Å². The van der Waals surface area contributed by atoms with Crippen molar-refractivity contribution in [3.63, 3.8) is 0 Å². The zero-order valence-electron chi connectivity index (χ0n) is 12.7. The molecule has 1 amide bonds. The maximum atomic E-state index is 12.6. The molecule has 0 spiro atoms. The summed E-state index contributed by atoms with van der Waals surface area (Å²) >= 11 is 1.49. The van der Waals surface area contributed by atoms with Crippen molar-refractivity contribution in [2.45, 2.75) is 12.7 Å². The van der Waals surface area contributed by atoms with E-state index < -0.39 is 30.2 Å². The Hall–Kier alpha value is -2.35. The van der Waals surface area contributed by atoms with Crippen LogP contribution in [0.3, 0.4) is 0 Å². The molecule has 0 aliphatic heterocycles. The first kappa shape index (κ1) is 18.0. The van der Waals surface area contributed by atoms with Crippen LogP contribution in [0.4, 0.5) is 13.2 Å². The third-order valence-electron chi connectivity index (χ3n) is 3.15. The van der Waals surface area contributed by atoms with E-state index in [9.17, 15) is 22.8 Å². The number of likely N-dealkylation sites (N-methyl/N-ethyl adjacent to an activating group) is 1. The SMILES string of the molecule is CN(Cc1cccs1)C(=O)COC(=O)c1cccc(C(F)(F)F)c1. The van der Waals surface area contributed by atoms with Crippen LogP contribution >= 0.6 is 11.3 Å². The van der Waals surface area contributed by atoms with Crippen molar-refractivity contribution in [3.05, 3.63) is 57.8 Å². The average molecular weight is 357 g/mol. The monoisotopic (exact) mass is 357 g/mol. The van der Waals surface area contributed by atoms with Crippen molar-refractivity contribution >= 4 is 23.2 Å². The van der Waals surface area contributed by atoms with Gasteiger partial charge in [0.25, 0.3) is 5.91 Å². The third kappa shape index (κ3) is 4.82. The zero-order chi connectivity index (χ0) is 17.7. The minimum atomic E-state index is -4.55. The topological polar surface area (TPSA) is 46.6 Å².